The molecule has 0 nitrogen and oxygen atoms in total. The minimum Gasteiger partial charge on any atom is -0.153 e. The molecule has 0 heterocycles. The fraction of sp³-hybridized carbons (Fsp3) is 0.491. The second-order valence-corrected chi connectivity index (χ2v) is 21.4. The van der Waals surface area contributed by atoms with Crippen LogP contribution < -0.4 is 0 Å². The van der Waals surface area contributed by atoms with Crippen molar-refractivity contribution in [3.63, 3.8) is 0 Å². The fourth-order valence-corrected chi connectivity index (χ4v) is 13.9. The fourth-order valence-electron chi connectivity index (χ4n) is 11.5. The maximum Gasteiger partial charge on any atom is 0.00249 e. The van der Waals surface area contributed by atoms with E-state index in [0.717, 1.165) is 29.6 Å². The number of benzene rings is 5. The van der Waals surface area contributed by atoms with Crippen molar-refractivity contribution in [3.8, 4) is 11.1 Å². The predicted molar refractivity (Wildman–Crippen MR) is 265 cm³/mol. The molecule has 5 aromatic carbocycles. The monoisotopic (exact) mass is 793 g/mol. The molecular formula is C57H76S. The van der Waals surface area contributed by atoms with Crippen LogP contribution in [0.4, 0.5) is 0 Å². The minimum atomic E-state index is 0.0879. The van der Waals surface area contributed by atoms with Gasteiger partial charge >= 0.3 is 0 Å². The molecule has 3 saturated carbocycles. The van der Waals surface area contributed by atoms with Gasteiger partial charge in [-0.1, -0.05) is 167 Å². The van der Waals surface area contributed by atoms with Crippen LogP contribution in [-0.2, 0) is 6.42 Å². The molecular weight excluding hydrogens is 717 g/mol. The number of allylic oxidation sites excluding steroid dienone is 4. The zero-order chi connectivity index (χ0) is 41.7. The molecule has 58 heavy (non-hydrogen) atoms. The predicted octanol–water partition coefficient (Wildman–Crippen LogP) is 17.8. The van der Waals surface area contributed by atoms with E-state index < -0.39 is 0 Å². The van der Waals surface area contributed by atoms with Crippen LogP contribution in [0.3, 0.4) is 0 Å². The van der Waals surface area contributed by atoms with Crippen molar-refractivity contribution in [1.82, 2.24) is 0 Å². The molecule has 0 radical (unpaired) electrons. The quantitative estimate of drug-likeness (QED) is 0.119. The van der Waals surface area contributed by atoms with Gasteiger partial charge in [0.1, 0.15) is 0 Å². The summed E-state index contributed by atoms with van der Waals surface area (Å²) in [5, 5.41) is 9.03. The molecule has 3 fully saturated rings. The van der Waals surface area contributed by atoms with Crippen LogP contribution in [0.15, 0.2) is 102 Å². The van der Waals surface area contributed by atoms with Crippen LogP contribution in [-0.4, -0.2) is 10.1 Å². The average Bonchev–Trinajstić information content (AvgIpc) is 3.93. The summed E-state index contributed by atoms with van der Waals surface area (Å²) in [6.45, 7) is 26.9. The van der Waals surface area contributed by atoms with E-state index in [1.54, 1.807) is 5.57 Å². The van der Waals surface area contributed by atoms with Crippen molar-refractivity contribution >= 4 is 53.2 Å². The Labute approximate surface area is 356 Å². The van der Waals surface area contributed by atoms with E-state index >= 15 is 0 Å². The Bertz CT molecular complexity index is 2270. The third kappa shape index (κ3) is 8.73. The van der Waals surface area contributed by atoms with Gasteiger partial charge in [-0.05, 0) is 176 Å². The zero-order valence-electron chi connectivity index (χ0n) is 38.4. The highest BCUT2D eigenvalue weighted by Crippen LogP contribution is 2.60. The van der Waals surface area contributed by atoms with E-state index in [4.69, 9.17) is 0 Å². The molecule has 2 bridgehead atoms. The minimum absolute atomic E-state index is 0.0879. The summed E-state index contributed by atoms with van der Waals surface area (Å²) >= 11 is 0. The molecule has 9 rings (SSSR count). The summed E-state index contributed by atoms with van der Waals surface area (Å²) in [6, 6.07) is 31.4. The van der Waals surface area contributed by atoms with Gasteiger partial charge in [-0.15, -0.1) is 0 Å². The highest BCUT2D eigenvalue weighted by atomic mass is 32.2. The third-order valence-electron chi connectivity index (χ3n) is 13.4. The maximum absolute atomic E-state index is 2.66. The molecule has 8 atom stereocenters. The lowest BCUT2D eigenvalue weighted by atomic mass is 9.69. The molecule has 0 spiro atoms. The van der Waals surface area contributed by atoms with E-state index in [9.17, 15) is 0 Å². The SMILES string of the molecule is CC.CC(C)=S(c1ccc2c(C3=CC=CC4C5CCC(C5)C34)c3cc(CC4CC(C)CC4C)ccc3c(-c3cccc4ccccc34)c2c1)C(C)C.CCC.CCC. The highest BCUT2D eigenvalue weighted by Gasteiger charge is 2.49. The standard InChI is InChI=1S/C49H54S.2C3H8.C2H6/c1-29(2)50(30(3)4)38-20-22-43-46(28-38)48(41-15-9-12-34-11-7-8-13-39(34)41)42-21-17-33(25-37-24-31(5)23-32(37)6)26-45(42)49(43)44-16-10-14-40-35-18-19-36(27-35)47(40)44;2*1-3-2;1-2/h7-17,20-22,26,28-29,31-32,35-37,40,47H,18-19,23-25,27H2,1-6H3;2*3H2,1-2H3;1-2H3. The third-order valence-corrected chi connectivity index (χ3v) is 16.0. The Kier molecular flexibility index (Phi) is 15.0. The number of rotatable bonds is 6. The smallest absolute Gasteiger partial charge is 0.00249 e. The molecule has 5 aromatic rings. The Morgan fingerprint density at radius 1 is 0.690 bits per heavy atom. The van der Waals surface area contributed by atoms with Crippen LogP contribution in [0.2, 0.25) is 0 Å². The Morgan fingerprint density at radius 2 is 1.34 bits per heavy atom. The van der Waals surface area contributed by atoms with Crippen molar-refractivity contribution in [1.29, 1.82) is 0 Å². The molecule has 0 aromatic heterocycles. The van der Waals surface area contributed by atoms with E-state index in [0.29, 0.717) is 17.1 Å². The van der Waals surface area contributed by atoms with E-state index in [1.807, 2.05) is 13.8 Å². The topological polar surface area (TPSA) is 0 Å². The van der Waals surface area contributed by atoms with Gasteiger partial charge in [-0.2, -0.15) is 10.5 Å². The maximum atomic E-state index is 2.66. The van der Waals surface area contributed by atoms with Crippen LogP contribution in [0.1, 0.15) is 139 Å². The summed E-state index contributed by atoms with van der Waals surface area (Å²) in [5.41, 5.74) is 7.47. The number of hydrogen-bond donors (Lipinski definition) is 0. The second kappa shape index (κ2) is 19.8. The van der Waals surface area contributed by atoms with Crippen LogP contribution >= 0.6 is 10.5 Å². The van der Waals surface area contributed by atoms with E-state index in [1.165, 1.54) is 116 Å². The summed E-state index contributed by atoms with van der Waals surface area (Å²) in [4.78, 5) is 3.01. The van der Waals surface area contributed by atoms with E-state index in [-0.39, 0.29) is 10.5 Å². The lowest BCUT2D eigenvalue weighted by Crippen LogP contribution is -2.24. The highest BCUT2D eigenvalue weighted by molar-refractivity contribution is 8.16. The first-order valence-corrected chi connectivity index (χ1v) is 24.8. The van der Waals surface area contributed by atoms with Crippen molar-refractivity contribution in [2.45, 2.75) is 145 Å². The molecule has 8 unspecified atom stereocenters. The van der Waals surface area contributed by atoms with Crippen molar-refractivity contribution in [2.75, 3.05) is 0 Å². The van der Waals surface area contributed by atoms with Gasteiger partial charge < -0.3 is 0 Å². The molecule has 310 valence electrons. The lowest BCUT2D eigenvalue weighted by molar-refractivity contribution is 0.325. The number of fused-ring (bicyclic) bond motifs is 8. The van der Waals surface area contributed by atoms with Crippen LogP contribution in [0.5, 0.6) is 0 Å². The van der Waals surface area contributed by atoms with Gasteiger partial charge in [0.15, 0.2) is 0 Å². The van der Waals surface area contributed by atoms with E-state index in [2.05, 4.69) is 166 Å². The molecule has 0 N–H and O–H groups in total. The van der Waals surface area contributed by atoms with Crippen LogP contribution in [0.25, 0.3) is 49.0 Å². The molecule has 0 amide bonds. The van der Waals surface area contributed by atoms with Gasteiger partial charge in [0, 0.05) is 4.90 Å². The number of hydrogen-bond acceptors (Lipinski definition) is 0. The first kappa shape index (κ1) is 44.1. The lowest BCUT2D eigenvalue weighted by Gasteiger charge is -2.35. The Balaban J connectivity index is 0.000000661. The van der Waals surface area contributed by atoms with Gasteiger partial charge in [-0.25, -0.2) is 0 Å². The van der Waals surface area contributed by atoms with Gasteiger partial charge in [0.25, 0.3) is 0 Å². The first-order valence-electron chi connectivity index (χ1n) is 23.5. The Hall–Kier alpha value is -3.42. The Morgan fingerprint density at radius 3 is 2.03 bits per heavy atom. The zero-order valence-corrected chi connectivity index (χ0v) is 39.2. The molecule has 4 aliphatic rings. The summed E-state index contributed by atoms with van der Waals surface area (Å²) in [5.74, 6) is 5.44. The molecule has 1 heteroatoms. The molecule has 0 aliphatic heterocycles. The van der Waals surface area contributed by atoms with Crippen molar-refractivity contribution in [2.24, 2.45) is 41.4 Å². The largest absolute Gasteiger partial charge is 0.153 e. The summed E-state index contributed by atoms with van der Waals surface area (Å²) in [7, 11) is 0.0879. The van der Waals surface area contributed by atoms with Gasteiger partial charge in [-0.3, -0.25) is 0 Å². The summed E-state index contributed by atoms with van der Waals surface area (Å²) < 4.78 is 0. The normalized spacial score (nSPS) is 24.7. The van der Waals surface area contributed by atoms with Crippen molar-refractivity contribution < 1.29 is 0 Å². The summed E-state index contributed by atoms with van der Waals surface area (Å²) in [6.07, 6.45) is 18.2. The molecule has 0 saturated heterocycles. The average molecular weight is 793 g/mol. The second-order valence-electron chi connectivity index (χ2n) is 18.5. The van der Waals surface area contributed by atoms with Crippen molar-refractivity contribution in [3.05, 3.63) is 108 Å². The van der Waals surface area contributed by atoms with Gasteiger partial charge in [0.2, 0.25) is 0 Å². The first-order chi connectivity index (χ1) is 28.1. The van der Waals surface area contributed by atoms with Gasteiger partial charge in [0.05, 0.1) is 0 Å². The molecule has 4 aliphatic carbocycles. The van der Waals surface area contributed by atoms with Crippen LogP contribution in [0, 0.1) is 41.4 Å².